The number of ether oxygens (including phenoxy) is 1. The number of halogens is 2. The first kappa shape index (κ1) is 23.4. The van der Waals surface area contributed by atoms with E-state index in [-0.39, 0.29) is 27.9 Å². The van der Waals surface area contributed by atoms with Crippen molar-refractivity contribution in [3.8, 4) is 11.3 Å². The van der Waals surface area contributed by atoms with Crippen molar-refractivity contribution in [3.05, 3.63) is 69.2 Å². The average Bonchev–Trinajstić information content (AvgIpc) is 3.27. The van der Waals surface area contributed by atoms with Gasteiger partial charge in [-0.3, -0.25) is 14.0 Å². The van der Waals surface area contributed by atoms with E-state index in [1.54, 1.807) is 27.6 Å². The number of anilines is 1. The molecule has 1 fully saturated rings. The predicted molar refractivity (Wildman–Crippen MR) is 133 cm³/mol. The van der Waals surface area contributed by atoms with Crippen molar-refractivity contribution in [2.45, 2.75) is 32.9 Å². The largest absolute Gasteiger partial charge is 0.370 e. The topological polar surface area (TPSA) is 78.1 Å². The zero-order valence-corrected chi connectivity index (χ0v) is 20.6. The van der Waals surface area contributed by atoms with Crippen LogP contribution in [0.25, 0.3) is 22.2 Å². The van der Waals surface area contributed by atoms with Crippen LogP contribution >= 0.6 is 11.6 Å². The van der Waals surface area contributed by atoms with E-state index in [0.29, 0.717) is 48.8 Å². The molecule has 4 aromatic rings. The number of morpholine rings is 1. The molecule has 1 aliphatic heterocycles. The lowest BCUT2D eigenvalue weighted by Crippen LogP contribution is -2.39. The minimum absolute atomic E-state index is 0.182. The summed E-state index contributed by atoms with van der Waals surface area (Å²) in [6.45, 7) is 5.96. The summed E-state index contributed by atoms with van der Waals surface area (Å²) in [5.41, 5.74) is 1.70. The highest BCUT2D eigenvalue weighted by Gasteiger charge is 2.26. The van der Waals surface area contributed by atoms with Gasteiger partial charge in [-0.05, 0) is 31.5 Å². The Kier molecular flexibility index (Phi) is 6.29. The molecule has 0 aliphatic carbocycles. The van der Waals surface area contributed by atoms with Crippen LogP contribution in [0.2, 0.25) is 5.02 Å². The molecule has 0 saturated carbocycles. The molecule has 0 amide bonds. The van der Waals surface area contributed by atoms with Gasteiger partial charge in [-0.15, -0.1) is 0 Å². The van der Waals surface area contributed by atoms with E-state index in [9.17, 15) is 4.79 Å². The fourth-order valence-electron chi connectivity index (χ4n) is 4.52. The molecule has 35 heavy (non-hydrogen) atoms. The summed E-state index contributed by atoms with van der Waals surface area (Å²) in [5.74, 6) is 0.679. The highest BCUT2D eigenvalue weighted by molar-refractivity contribution is 6.30. The molecule has 0 N–H and O–H groups in total. The Balaban J connectivity index is 1.68. The second-order valence-electron chi connectivity index (χ2n) is 8.72. The van der Waals surface area contributed by atoms with Crippen molar-refractivity contribution in [2.24, 2.45) is 7.05 Å². The summed E-state index contributed by atoms with van der Waals surface area (Å²) >= 11 is 6.00. The minimum Gasteiger partial charge on any atom is -0.370 e. The van der Waals surface area contributed by atoms with Crippen LogP contribution in [0.15, 0.2) is 41.5 Å². The molecule has 3 aromatic heterocycles. The molecular formula is C25H26ClFN6O2. The number of pyridine rings is 1. The number of hydrogen-bond acceptors (Lipinski definition) is 6. The molecule has 182 valence electrons. The molecule has 4 heterocycles. The Hall–Kier alpha value is -3.30. The molecule has 1 atom stereocenters. The summed E-state index contributed by atoms with van der Waals surface area (Å²) in [4.78, 5) is 25.2. The SMILES string of the molecule is CCCn1c(C)nc2cc(N3CCO[C@@H](c4cnn(C)c4)C3)nc(-c3ccc(Cl)cc3F)c2c1=O. The number of hydrogen-bond donors (Lipinski definition) is 0. The van der Waals surface area contributed by atoms with E-state index in [4.69, 9.17) is 26.3 Å². The lowest BCUT2D eigenvalue weighted by atomic mass is 10.1. The number of fused-ring (bicyclic) bond motifs is 1. The first-order valence-corrected chi connectivity index (χ1v) is 12.0. The number of benzene rings is 1. The molecule has 1 saturated heterocycles. The van der Waals surface area contributed by atoms with Crippen LogP contribution in [-0.2, 0) is 18.3 Å². The zero-order valence-electron chi connectivity index (χ0n) is 19.8. The number of aryl methyl sites for hydroxylation is 2. The van der Waals surface area contributed by atoms with E-state index >= 15 is 4.39 Å². The molecular weight excluding hydrogens is 471 g/mol. The van der Waals surface area contributed by atoms with Crippen molar-refractivity contribution >= 4 is 28.3 Å². The van der Waals surface area contributed by atoms with Crippen LogP contribution in [0, 0.1) is 12.7 Å². The number of aromatic nitrogens is 5. The monoisotopic (exact) mass is 496 g/mol. The molecule has 8 nitrogen and oxygen atoms in total. The summed E-state index contributed by atoms with van der Waals surface area (Å²) in [6.07, 6.45) is 4.31. The Morgan fingerprint density at radius 2 is 2.09 bits per heavy atom. The first-order valence-electron chi connectivity index (χ1n) is 11.6. The fourth-order valence-corrected chi connectivity index (χ4v) is 4.68. The first-order chi connectivity index (χ1) is 16.9. The average molecular weight is 497 g/mol. The summed E-state index contributed by atoms with van der Waals surface area (Å²) < 4.78 is 24.4. The normalized spacial score (nSPS) is 16.3. The molecule has 0 radical (unpaired) electrons. The van der Waals surface area contributed by atoms with Gasteiger partial charge in [0.25, 0.3) is 5.56 Å². The lowest BCUT2D eigenvalue weighted by Gasteiger charge is -2.33. The van der Waals surface area contributed by atoms with Crippen molar-refractivity contribution in [1.29, 1.82) is 0 Å². The lowest BCUT2D eigenvalue weighted by molar-refractivity contribution is 0.0395. The number of nitrogens with zero attached hydrogens (tertiary/aromatic N) is 6. The second-order valence-corrected chi connectivity index (χ2v) is 9.15. The highest BCUT2D eigenvalue weighted by atomic mass is 35.5. The Morgan fingerprint density at radius 3 is 2.80 bits per heavy atom. The molecule has 0 bridgehead atoms. The molecule has 0 spiro atoms. The van der Waals surface area contributed by atoms with Crippen LogP contribution in [-0.4, -0.2) is 44.0 Å². The van der Waals surface area contributed by atoms with E-state index in [2.05, 4.69) is 10.00 Å². The fraction of sp³-hybridized carbons (Fsp3) is 0.360. The second kappa shape index (κ2) is 9.39. The zero-order chi connectivity index (χ0) is 24.7. The van der Waals surface area contributed by atoms with Crippen LogP contribution in [0.4, 0.5) is 10.2 Å². The summed E-state index contributed by atoms with van der Waals surface area (Å²) in [7, 11) is 1.86. The van der Waals surface area contributed by atoms with E-state index < -0.39 is 5.82 Å². The Labute approximate surface area is 206 Å². The molecule has 10 heteroatoms. The van der Waals surface area contributed by atoms with E-state index in [1.165, 1.54) is 6.07 Å². The van der Waals surface area contributed by atoms with Gasteiger partial charge in [0.2, 0.25) is 0 Å². The van der Waals surface area contributed by atoms with Crippen molar-refractivity contribution in [1.82, 2.24) is 24.3 Å². The van der Waals surface area contributed by atoms with Gasteiger partial charge in [0.15, 0.2) is 0 Å². The van der Waals surface area contributed by atoms with E-state index in [0.717, 1.165) is 12.0 Å². The number of rotatable bonds is 5. The van der Waals surface area contributed by atoms with Gasteiger partial charge in [-0.2, -0.15) is 5.10 Å². The van der Waals surface area contributed by atoms with Gasteiger partial charge < -0.3 is 9.64 Å². The van der Waals surface area contributed by atoms with Gasteiger partial charge in [-0.1, -0.05) is 18.5 Å². The molecule has 0 unspecified atom stereocenters. The third-order valence-corrected chi connectivity index (χ3v) is 6.47. The third-order valence-electron chi connectivity index (χ3n) is 6.24. The van der Waals surface area contributed by atoms with E-state index in [1.807, 2.05) is 33.2 Å². The van der Waals surface area contributed by atoms with Crippen LogP contribution in [0.3, 0.4) is 0 Å². The van der Waals surface area contributed by atoms with Crippen LogP contribution < -0.4 is 10.5 Å². The van der Waals surface area contributed by atoms with Gasteiger partial charge in [0, 0.05) is 55.1 Å². The summed E-state index contributed by atoms with van der Waals surface area (Å²) in [5, 5.41) is 4.82. The Morgan fingerprint density at radius 1 is 1.26 bits per heavy atom. The van der Waals surface area contributed by atoms with Crippen molar-refractivity contribution < 1.29 is 9.13 Å². The minimum atomic E-state index is -0.541. The quantitative estimate of drug-likeness (QED) is 0.410. The standard InChI is InChI=1S/C25H26ClFN6O2/c1-4-7-33-15(2)29-20-11-22(32-8-9-35-21(14-32)16-12-28-31(3)13-16)30-24(23(20)25(33)34)18-6-5-17(26)10-19(18)27/h5-6,10-13,21H,4,7-9,14H2,1-3H3/t21-/m1/s1. The van der Waals surface area contributed by atoms with Crippen LogP contribution in [0.5, 0.6) is 0 Å². The molecule has 5 rings (SSSR count). The highest BCUT2D eigenvalue weighted by Crippen LogP contribution is 2.33. The molecule has 1 aliphatic rings. The molecule has 1 aromatic carbocycles. The van der Waals surface area contributed by atoms with Crippen molar-refractivity contribution in [3.63, 3.8) is 0 Å². The maximum absolute atomic E-state index is 15.1. The smallest absolute Gasteiger partial charge is 0.263 e. The van der Waals surface area contributed by atoms with Crippen molar-refractivity contribution in [2.75, 3.05) is 24.6 Å². The Bertz CT molecular complexity index is 1470. The van der Waals surface area contributed by atoms with Gasteiger partial charge in [-0.25, -0.2) is 14.4 Å². The van der Waals surface area contributed by atoms with Gasteiger partial charge in [0.1, 0.15) is 23.6 Å². The predicted octanol–water partition coefficient (Wildman–Crippen LogP) is 4.28. The van der Waals surface area contributed by atoms with Crippen LogP contribution in [0.1, 0.15) is 30.8 Å². The van der Waals surface area contributed by atoms with Gasteiger partial charge >= 0.3 is 0 Å². The maximum atomic E-state index is 15.1. The maximum Gasteiger partial charge on any atom is 0.263 e. The summed E-state index contributed by atoms with van der Waals surface area (Å²) in [6, 6.07) is 6.20. The third kappa shape index (κ3) is 4.41. The van der Waals surface area contributed by atoms with Gasteiger partial charge in [0.05, 0.1) is 29.4 Å².